The minimum atomic E-state index is 0.363. The third-order valence-corrected chi connectivity index (χ3v) is 4.10. The first kappa shape index (κ1) is 14.2. The molecule has 0 saturated carbocycles. The lowest BCUT2D eigenvalue weighted by Gasteiger charge is -2.12. The van der Waals surface area contributed by atoms with E-state index in [-0.39, 0.29) is 0 Å². The minimum absolute atomic E-state index is 0.363. The highest BCUT2D eigenvalue weighted by Gasteiger charge is 2.09. The van der Waals surface area contributed by atoms with Crippen molar-refractivity contribution in [1.82, 2.24) is 9.97 Å². The predicted molar refractivity (Wildman–Crippen MR) is 92.5 cm³/mol. The highest BCUT2D eigenvalue weighted by Crippen LogP contribution is 2.31. The Morgan fingerprint density at radius 3 is 2.62 bits per heavy atom. The summed E-state index contributed by atoms with van der Waals surface area (Å²) in [5, 5.41) is 4.23. The molecule has 0 radical (unpaired) electrons. The molecule has 3 rings (SSSR count). The van der Waals surface area contributed by atoms with E-state index in [1.165, 1.54) is 0 Å². The largest absolute Gasteiger partial charge is 0.339 e. The number of hydrogen-bond donors (Lipinski definition) is 3. The van der Waals surface area contributed by atoms with Crippen LogP contribution in [-0.4, -0.2) is 9.97 Å². The summed E-state index contributed by atoms with van der Waals surface area (Å²) in [4.78, 5) is 8.72. The smallest absolute Gasteiger partial charge is 0.239 e. The third kappa shape index (κ3) is 2.99. The first-order chi connectivity index (χ1) is 10.2. The molecular weight excluding hydrogens is 398 g/mol. The second kappa shape index (κ2) is 5.97. The van der Waals surface area contributed by atoms with Gasteiger partial charge >= 0.3 is 0 Å². The molecule has 7 heteroatoms. The molecule has 0 fully saturated rings. The van der Waals surface area contributed by atoms with Gasteiger partial charge in [0.25, 0.3) is 0 Å². The molecule has 1 heterocycles. The molecule has 0 saturated heterocycles. The lowest BCUT2D eigenvalue weighted by Crippen LogP contribution is -2.11. The van der Waals surface area contributed by atoms with E-state index < -0.39 is 0 Å². The first-order valence-electron chi connectivity index (χ1n) is 6.13. The second-order valence-electron chi connectivity index (χ2n) is 4.31. The van der Waals surface area contributed by atoms with Gasteiger partial charge in [-0.25, -0.2) is 10.8 Å². The maximum atomic E-state index is 5.44. The molecule has 0 bridgehead atoms. The zero-order chi connectivity index (χ0) is 14.8. The van der Waals surface area contributed by atoms with Crippen molar-refractivity contribution < 1.29 is 0 Å². The topological polar surface area (TPSA) is 75.9 Å². The van der Waals surface area contributed by atoms with E-state index in [0.717, 1.165) is 25.5 Å². The number of halogens is 2. The number of aromatic nitrogens is 2. The normalized spacial score (nSPS) is 10.6. The minimum Gasteiger partial charge on any atom is -0.339 e. The van der Waals surface area contributed by atoms with E-state index >= 15 is 0 Å². The molecule has 1 aromatic heterocycles. The summed E-state index contributed by atoms with van der Waals surface area (Å²) in [5.41, 5.74) is 4.20. The Balaban J connectivity index is 2.13. The quantitative estimate of drug-likeness (QED) is 0.447. The highest BCUT2D eigenvalue weighted by molar-refractivity contribution is 9.11. The Morgan fingerprint density at radius 1 is 1.00 bits per heavy atom. The maximum absolute atomic E-state index is 5.44. The van der Waals surface area contributed by atoms with Crippen LogP contribution in [0.4, 0.5) is 17.5 Å². The van der Waals surface area contributed by atoms with Gasteiger partial charge in [-0.15, -0.1) is 0 Å². The number of benzene rings is 2. The van der Waals surface area contributed by atoms with E-state index in [0.29, 0.717) is 11.8 Å². The van der Waals surface area contributed by atoms with E-state index in [1.807, 2.05) is 42.5 Å². The van der Waals surface area contributed by atoms with Gasteiger partial charge in [-0.1, -0.05) is 28.1 Å². The Kier molecular flexibility index (Phi) is 4.05. The summed E-state index contributed by atoms with van der Waals surface area (Å²) in [6.45, 7) is 0. The number of nitrogens with one attached hydrogen (secondary N) is 2. The number of hydrogen-bond acceptors (Lipinski definition) is 5. The Morgan fingerprint density at radius 2 is 1.81 bits per heavy atom. The molecule has 0 atom stereocenters. The third-order valence-electron chi connectivity index (χ3n) is 2.91. The first-order valence-corrected chi connectivity index (χ1v) is 7.71. The van der Waals surface area contributed by atoms with Crippen molar-refractivity contribution in [3.05, 3.63) is 51.4 Å². The fourth-order valence-electron chi connectivity index (χ4n) is 1.96. The van der Waals surface area contributed by atoms with Crippen molar-refractivity contribution in [2.24, 2.45) is 5.84 Å². The van der Waals surface area contributed by atoms with Gasteiger partial charge in [-0.05, 0) is 46.3 Å². The van der Waals surface area contributed by atoms with Crippen molar-refractivity contribution in [3.8, 4) is 0 Å². The Hall–Kier alpha value is -1.70. The fraction of sp³-hybridized carbons (Fsp3) is 0. The number of rotatable bonds is 3. The summed E-state index contributed by atoms with van der Waals surface area (Å²) < 4.78 is 1.92. The molecule has 2 aromatic carbocycles. The van der Waals surface area contributed by atoms with E-state index in [2.05, 4.69) is 52.6 Å². The van der Waals surface area contributed by atoms with E-state index in [4.69, 9.17) is 5.84 Å². The van der Waals surface area contributed by atoms with Crippen LogP contribution in [0.1, 0.15) is 0 Å². The average molecular weight is 409 g/mol. The van der Waals surface area contributed by atoms with Crippen LogP contribution in [-0.2, 0) is 0 Å². The number of anilines is 3. The average Bonchev–Trinajstić information content (AvgIpc) is 2.50. The molecule has 3 aromatic rings. The number of nitrogens with zero attached hydrogens (tertiary/aromatic N) is 2. The summed E-state index contributed by atoms with van der Waals surface area (Å²) in [7, 11) is 0. The van der Waals surface area contributed by atoms with Crippen LogP contribution in [0.2, 0.25) is 0 Å². The van der Waals surface area contributed by atoms with Crippen LogP contribution in [0.15, 0.2) is 51.4 Å². The van der Waals surface area contributed by atoms with Crippen molar-refractivity contribution >= 4 is 60.2 Å². The number of para-hydroxylation sites is 1. The molecular formula is C14H11Br2N5. The lowest BCUT2D eigenvalue weighted by atomic mass is 10.2. The van der Waals surface area contributed by atoms with Crippen LogP contribution in [0.25, 0.3) is 10.9 Å². The van der Waals surface area contributed by atoms with Gasteiger partial charge in [-0.3, -0.25) is 5.43 Å². The number of fused-ring (bicyclic) bond motifs is 1. The maximum Gasteiger partial charge on any atom is 0.239 e. The molecule has 0 spiro atoms. The van der Waals surface area contributed by atoms with Crippen LogP contribution in [0.3, 0.4) is 0 Å². The molecule has 4 N–H and O–H groups in total. The second-order valence-corrected chi connectivity index (χ2v) is 6.08. The zero-order valence-electron chi connectivity index (χ0n) is 10.8. The predicted octanol–water partition coefficient (Wildman–Crippen LogP) is 4.18. The van der Waals surface area contributed by atoms with Gasteiger partial charge in [-0.2, -0.15) is 4.98 Å². The monoisotopic (exact) mass is 407 g/mol. The van der Waals surface area contributed by atoms with Crippen molar-refractivity contribution in [2.45, 2.75) is 0 Å². The molecule has 0 aliphatic carbocycles. The van der Waals surface area contributed by atoms with E-state index in [1.54, 1.807) is 0 Å². The summed E-state index contributed by atoms with van der Waals surface area (Å²) in [5.74, 6) is 6.49. The van der Waals surface area contributed by atoms with Crippen LogP contribution in [0.5, 0.6) is 0 Å². The van der Waals surface area contributed by atoms with Gasteiger partial charge in [0.05, 0.1) is 11.2 Å². The van der Waals surface area contributed by atoms with Gasteiger partial charge in [0.2, 0.25) is 5.95 Å². The number of nitrogen functional groups attached to an aromatic ring is 1. The summed E-state index contributed by atoms with van der Waals surface area (Å²) in [6.07, 6.45) is 0. The van der Waals surface area contributed by atoms with E-state index in [9.17, 15) is 0 Å². The standard InChI is InChI=1S/C14H11Br2N5/c15-8-5-6-10(16)12(7-8)18-13-9-3-1-2-4-11(9)19-14(20-13)21-17/h1-7H,17H2,(H2,18,19,20,21). The van der Waals surface area contributed by atoms with Crippen molar-refractivity contribution in [2.75, 3.05) is 10.7 Å². The van der Waals surface area contributed by atoms with Gasteiger partial charge in [0.15, 0.2) is 0 Å². The van der Waals surface area contributed by atoms with Crippen LogP contribution >= 0.6 is 31.9 Å². The lowest BCUT2D eigenvalue weighted by molar-refractivity contribution is 1.15. The molecule has 106 valence electrons. The molecule has 0 amide bonds. The molecule has 0 aliphatic heterocycles. The summed E-state index contributed by atoms with van der Waals surface area (Å²) >= 11 is 6.98. The Bertz CT molecular complexity index is 806. The molecule has 21 heavy (non-hydrogen) atoms. The molecule has 0 aliphatic rings. The van der Waals surface area contributed by atoms with Gasteiger partial charge in [0.1, 0.15) is 5.82 Å². The van der Waals surface area contributed by atoms with Gasteiger partial charge < -0.3 is 5.32 Å². The number of nitrogens with two attached hydrogens (primary N) is 1. The zero-order valence-corrected chi connectivity index (χ0v) is 13.9. The van der Waals surface area contributed by atoms with Gasteiger partial charge in [0, 0.05) is 14.3 Å². The van der Waals surface area contributed by atoms with Crippen LogP contribution in [0, 0.1) is 0 Å². The Labute approximate surface area is 138 Å². The molecule has 0 unspecified atom stereocenters. The molecule has 5 nitrogen and oxygen atoms in total. The SMILES string of the molecule is NNc1nc(Nc2cc(Br)ccc2Br)c2ccccc2n1. The van der Waals surface area contributed by atoms with Crippen molar-refractivity contribution in [1.29, 1.82) is 0 Å². The summed E-state index contributed by atoms with van der Waals surface area (Å²) in [6, 6.07) is 13.6. The fourth-order valence-corrected chi connectivity index (χ4v) is 2.66. The number of hydrazine groups is 1. The van der Waals surface area contributed by atoms with Crippen molar-refractivity contribution in [3.63, 3.8) is 0 Å². The highest BCUT2D eigenvalue weighted by atomic mass is 79.9. The van der Waals surface area contributed by atoms with Crippen LogP contribution < -0.4 is 16.6 Å².